The lowest BCUT2D eigenvalue weighted by molar-refractivity contribution is 0.0131. The number of fused-ring (bicyclic) bond motifs is 4. The number of rotatable bonds is 7. The van der Waals surface area contributed by atoms with Crippen molar-refractivity contribution in [1.29, 1.82) is 0 Å². The lowest BCUT2D eigenvalue weighted by Gasteiger charge is -2.46. The Hall–Kier alpha value is -3.95. The summed E-state index contributed by atoms with van der Waals surface area (Å²) in [5, 5.41) is 5.10. The highest BCUT2D eigenvalue weighted by atomic mass is 35.5. The minimum absolute atomic E-state index is 0.0435. The molecule has 1 unspecified atom stereocenters. The molecule has 1 N–H and O–H groups in total. The van der Waals surface area contributed by atoms with Gasteiger partial charge in [0.2, 0.25) is 5.88 Å². The normalized spacial score (nSPS) is 29.5. The maximum atomic E-state index is 14.9. The highest BCUT2D eigenvalue weighted by molar-refractivity contribution is 7.92. The molecule has 3 aromatic rings. The quantitative estimate of drug-likeness (QED) is 0.289. The van der Waals surface area contributed by atoms with Crippen molar-refractivity contribution in [2.45, 2.75) is 57.0 Å². The van der Waals surface area contributed by atoms with Crippen LogP contribution < -0.4 is 19.1 Å². The summed E-state index contributed by atoms with van der Waals surface area (Å²) in [6.07, 6.45) is 11.3. The number of anilines is 1. The number of hydrogen-bond acceptors (Lipinski definition) is 10. The lowest BCUT2D eigenvalue weighted by atomic mass is 9.68. The van der Waals surface area contributed by atoms with Crippen LogP contribution in [0.5, 0.6) is 11.6 Å². The first-order valence-corrected chi connectivity index (χ1v) is 22.7. The van der Waals surface area contributed by atoms with E-state index in [1.807, 2.05) is 25.1 Å². The molecule has 1 saturated carbocycles. The van der Waals surface area contributed by atoms with E-state index >= 15 is 0 Å². The maximum Gasteiger partial charge on any atom is 0.286 e. The second kappa shape index (κ2) is 17.3. The Kier molecular flexibility index (Phi) is 12.2. The van der Waals surface area contributed by atoms with E-state index in [1.54, 1.807) is 20.2 Å². The molecule has 4 heterocycles. The minimum atomic E-state index is -3.65. The van der Waals surface area contributed by atoms with Crippen LogP contribution in [0.2, 0.25) is 5.02 Å². The summed E-state index contributed by atoms with van der Waals surface area (Å²) in [6.45, 7) is 7.79. The summed E-state index contributed by atoms with van der Waals surface area (Å²) in [5.74, 6) is -0.0830. The van der Waals surface area contributed by atoms with Crippen LogP contribution in [0.1, 0.15) is 70.9 Å². The van der Waals surface area contributed by atoms with Gasteiger partial charge in [0, 0.05) is 69.1 Å². The Morgan fingerprint density at radius 1 is 1.16 bits per heavy atom. The minimum Gasteiger partial charge on any atom is -0.490 e. The van der Waals surface area contributed by atoms with Crippen LogP contribution in [-0.4, -0.2) is 109 Å². The second-order valence-corrected chi connectivity index (χ2v) is 19.2. The topological polar surface area (TPSA) is 137 Å². The molecule has 5 aliphatic rings. The first-order chi connectivity index (χ1) is 28.0. The number of nitrogens with one attached hydrogen (secondary N) is 1. The monoisotopic (exact) mass is 834 g/mol. The third-order valence-corrected chi connectivity index (χ3v) is 14.8. The van der Waals surface area contributed by atoms with Crippen molar-refractivity contribution < 1.29 is 32.7 Å². The van der Waals surface area contributed by atoms with E-state index in [2.05, 4.69) is 48.3 Å². The molecule has 1 aromatic heterocycles. The number of benzene rings is 2. The average molecular weight is 835 g/mol. The zero-order chi connectivity index (χ0) is 40.4. The molecule has 2 aliphatic carbocycles. The Labute approximate surface area is 346 Å². The summed E-state index contributed by atoms with van der Waals surface area (Å²) >= 11 is 6.49. The molecule has 312 valence electrons. The number of methoxy groups -OCH3 is 1. The predicted octanol–water partition coefficient (Wildman–Crippen LogP) is 5.85. The predicted molar refractivity (Wildman–Crippen MR) is 223 cm³/mol. The van der Waals surface area contributed by atoms with Gasteiger partial charge in [-0.25, -0.2) is 4.21 Å². The van der Waals surface area contributed by atoms with Crippen molar-refractivity contribution in [3.63, 3.8) is 0 Å². The zero-order valence-corrected chi connectivity index (χ0v) is 35.3. The van der Waals surface area contributed by atoms with E-state index < -0.39 is 21.7 Å². The van der Waals surface area contributed by atoms with Crippen molar-refractivity contribution >= 4 is 39.0 Å². The fourth-order valence-electron chi connectivity index (χ4n) is 9.39. The molecule has 2 bridgehead atoms. The molecule has 8 rings (SSSR count). The van der Waals surface area contributed by atoms with Gasteiger partial charge in [0.25, 0.3) is 11.8 Å². The largest absolute Gasteiger partial charge is 0.490 e. The van der Waals surface area contributed by atoms with Crippen LogP contribution in [0.3, 0.4) is 0 Å². The van der Waals surface area contributed by atoms with Gasteiger partial charge in [0.15, 0.2) is 0 Å². The third-order valence-electron chi connectivity index (χ3n) is 12.6. The van der Waals surface area contributed by atoms with Crippen molar-refractivity contribution in [1.82, 2.24) is 19.4 Å². The van der Waals surface area contributed by atoms with Crippen LogP contribution in [0.25, 0.3) is 0 Å². The highest BCUT2D eigenvalue weighted by Crippen LogP contribution is 2.47. The van der Waals surface area contributed by atoms with Crippen LogP contribution in [0.4, 0.5) is 5.69 Å². The Morgan fingerprint density at radius 2 is 2.00 bits per heavy atom. The molecule has 1 saturated heterocycles. The van der Waals surface area contributed by atoms with E-state index in [9.17, 15) is 13.8 Å². The number of hydrogen-bond donors (Lipinski definition) is 1. The van der Waals surface area contributed by atoms with Crippen molar-refractivity contribution in [2.75, 3.05) is 76.9 Å². The number of aromatic nitrogens is 2. The smallest absolute Gasteiger partial charge is 0.286 e. The molecule has 15 heteroatoms. The van der Waals surface area contributed by atoms with E-state index in [4.69, 9.17) is 30.5 Å². The standard InChI is InChI=1S/C43H55ClN6O7S/c1-29-6-4-8-38(54-3)34-12-9-32(34)24-50-27-43(15-5-7-30-22-33(44)11-13-36(30)43)28-57-39-14-10-31(23-37(39)50)40(51)46-58(53,26-29)47-41(52)35-25-48(2)45-42(35)56-21-18-49-16-19-55-20-17-49/h4,8,10-11,13-14,22-23,25,29,32,34,38H,5-7,9,12,15-21,24,26-28H2,1-3H3,(H,46,47,51,52,53)/b8-4+/t29-,32-,34+,38-,43-,58?/m0/s1. The average Bonchev–Trinajstić information content (AvgIpc) is 3.50. The van der Waals surface area contributed by atoms with Crippen LogP contribution in [0.15, 0.2) is 59.1 Å². The molecule has 3 aliphatic heterocycles. The number of ether oxygens (including phenoxy) is 4. The molecule has 2 amide bonds. The van der Waals surface area contributed by atoms with Gasteiger partial charge in [-0.2, -0.15) is 0 Å². The summed E-state index contributed by atoms with van der Waals surface area (Å²) in [4.78, 5) is 32.8. The second-order valence-electron chi connectivity index (χ2n) is 16.7. The van der Waals surface area contributed by atoms with Crippen LogP contribution >= 0.6 is 11.6 Å². The molecule has 58 heavy (non-hydrogen) atoms. The van der Waals surface area contributed by atoms with Gasteiger partial charge in [-0.05, 0) is 97.7 Å². The fraction of sp³-hybridized carbons (Fsp3) is 0.558. The molecule has 2 aromatic carbocycles. The van der Waals surface area contributed by atoms with Gasteiger partial charge in [-0.15, -0.1) is 9.46 Å². The summed E-state index contributed by atoms with van der Waals surface area (Å²) < 4.78 is 47.6. The number of halogens is 1. The first kappa shape index (κ1) is 40.8. The fourth-order valence-corrected chi connectivity index (χ4v) is 11.5. The lowest BCUT2D eigenvalue weighted by Crippen LogP contribution is -2.49. The van der Waals surface area contributed by atoms with Gasteiger partial charge in [0.05, 0.1) is 37.4 Å². The SMILES string of the molecule is CO[C@H]1/C=C/C[C@H](C)CS(=O)(NC(=O)c2cn(C)nc2OCCN2CCOCC2)=NC(=O)c2ccc3c(c2)N(C[C@@H]2CC[C@H]21)C[C@@]1(CCCc2cc(Cl)ccc21)CO3. The molecule has 6 atom stereocenters. The van der Waals surface area contributed by atoms with Gasteiger partial charge >= 0.3 is 0 Å². The van der Waals surface area contributed by atoms with Crippen molar-refractivity contribution in [2.24, 2.45) is 29.2 Å². The zero-order valence-electron chi connectivity index (χ0n) is 33.7. The van der Waals surface area contributed by atoms with Gasteiger partial charge in [-0.3, -0.25) is 23.9 Å². The molecule has 13 nitrogen and oxygen atoms in total. The molecular weight excluding hydrogens is 780 g/mol. The first-order valence-electron chi connectivity index (χ1n) is 20.6. The van der Waals surface area contributed by atoms with E-state index in [0.717, 1.165) is 62.4 Å². The Balaban J connectivity index is 1.12. The van der Waals surface area contributed by atoms with E-state index in [0.29, 0.717) is 63.5 Å². The molecule has 1 spiro atoms. The summed E-state index contributed by atoms with van der Waals surface area (Å²) in [7, 11) is -0.193. The van der Waals surface area contributed by atoms with E-state index in [1.165, 1.54) is 22.0 Å². The number of morpholine rings is 1. The summed E-state index contributed by atoms with van der Waals surface area (Å²) in [6, 6.07) is 11.6. The maximum absolute atomic E-state index is 14.9. The number of carbonyl (C=O) groups is 2. The number of aryl methyl sites for hydroxylation is 2. The number of carbonyl (C=O) groups excluding carboxylic acids is 2. The molecular formula is C43H55ClN6O7S. The third kappa shape index (κ3) is 8.81. The number of nitrogens with zero attached hydrogens (tertiary/aromatic N) is 5. The number of amides is 2. The van der Waals surface area contributed by atoms with Gasteiger partial charge < -0.3 is 23.8 Å². The highest BCUT2D eigenvalue weighted by Gasteiger charge is 2.44. The van der Waals surface area contributed by atoms with Crippen molar-refractivity contribution in [3.8, 4) is 11.6 Å². The van der Waals surface area contributed by atoms with Crippen LogP contribution in [-0.2, 0) is 38.3 Å². The van der Waals surface area contributed by atoms with Gasteiger partial charge in [0.1, 0.15) is 27.8 Å². The summed E-state index contributed by atoms with van der Waals surface area (Å²) in [5.41, 5.74) is 3.44. The Morgan fingerprint density at radius 3 is 2.79 bits per heavy atom. The number of allylic oxidation sites excluding steroid dienone is 1. The van der Waals surface area contributed by atoms with Crippen LogP contribution in [0, 0.1) is 17.8 Å². The Bertz CT molecular complexity index is 2160. The molecule has 2 fully saturated rings. The molecule has 0 radical (unpaired) electrons. The van der Waals surface area contributed by atoms with E-state index in [-0.39, 0.29) is 40.2 Å². The van der Waals surface area contributed by atoms with Gasteiger partial charge in [-0.1, -0.05) is 36.7 Å². The van der Waals surface area contributed by atoms with Crippen molar-refractivity contribution in [3.05, 3.63) is 82.0 Å².